The number of hydrogen-bond donors (Lipinski definition) is 4. The first kappa shape index (κ1) is 8.23. The number of nitrogens with zero attached hydrogens (tertiary/aromatic N) is 4. The maximum Gasteiger partial charge on any atom is 0.256 e. The molecular weight excluding hydrogens is 184 g/mol. The summed E-state index contributed by atoms with van der Waals surface area (Å²) < 4.78 is 0. The zero-order valence-electron chi connectivity index (χ0n) is 7.10. The lowest BCUT2D eigenvalue weighted by Crippen LogP contribution is -2.22. The average Bonchev–Trinajstić information content (AvgIpc) is 2.50. The minimum atomic E-state index is -0.126. The maximum absolute atomic E-state index is 5.60. The Kier molecular flexibility index (Phi) is 1.67. The van der Waals surface area contributed by atoms with Gasteiger partial charge >= 0.3 is 0 Å². The summed E-state index contributed by atoms with van der Waals surface area (Å²) in [5.41, 5.74) is 16.9. The van der Waals surface area contributed by atoms with Crippen molar-refractivity contribution in [2.75, 3.05) is 5.73 Å². The summed E-state index contributed by atoms with van der Waals surface area (Å²) in [5, 5.41) is 0. The molecule has 2 aromatic heterocycles. The largest absolute Gasteiger partial charge is 0.382 e. The number of aliphatic imine (C=N–C) groups is 1. The molecule has 0 aliphatic heterocycles. The maximum atomic E-state index is 5.60. The van der Waals surface area contributed by atoms with Crippen molar-refractivity contribution >= 4 is 28.9 Å². The van der Waals surface area contributed by atoms with Crippen molar-refractivity contribution in [2.24, 2.45) is 16.5 Å². The number of aromatic amines is 1. The number of imidazole rings is 1. The molecule has 0 saturated carbocycles. The normalized spacial score (nSPS) is 10.3. The van der Waals surface area contributed by atoms with E-state index in [0.29, 0.717) is 11.2 Å². The Hall–Kier alpha value is -2.38. The molecule has 0 aliphatic rings. The van der Waals surface area contributed by atoms with E-state index < -0.39 is 0 Å². The molecule has 72 valence electrons. The molecule has 0 radical (unpaired) electrons. The number of nitrogens with one attached hydrogen (secondary N) is 1. The highest BCUT2D eigenvalue weighted by atomic mass is 15.2. The summed E-state index contributed by atoms with van der Waals surface area (Å²) in [5.74, 6) is 0.230. The number of anilines is 1. The van der Waals surface area contributed by atoms with Gasteiger partial charge in [0.25, 0.3) is 5.95 Å². The summed E-state index contributed by atoms with van der Waals surface area (Å²) >= 11 is 0. The van der Waals surface area contributed by atoms with Crippen LogP contribution < -0.4 is 17.2 Å². The van der Waals surface area contributed by atoms with E-state index in [1.807, 2.05) is 0 Å². The lowest BCUT2D eigenvalue weighted by Gasteiger charge is -1.96. The van der Waals surface area contributed by atoms with Gasteiger partial charge in [0.15, 0.2) is 17.4 Å². The Labute approximate surface area is 78.3 Å². The summed E-state index contributed by atoms with van der Waals surface area (Å²) in [4.78, 5) is 18.2. The molecule has 0 saturated heterocycles. The van der Waals surface area contributed by atoms with E-state index >= 15 is 0 Å². The Morgan fingerprint density at radius 1 is 1.36 bits per heavy atom. The molecule has 2 rings (SSSR count). The topological polar surface area (TPSA) is 145 Å². The van der Waals surface area contributed by atoms with Crippen molar-refractivity contribution in [1.29, 1.82) is 0 Å². The first-order valence-electron chi connectivity index (χ1n) is 3.73. The molecule has 2 heterocycles. The van der Waals surface area contributed by atoms with Gasteiger partial charge in [0.05, 0.1) is 6.33 Å². The summed E-state index contributed by atoms with van der Waals surface area (Å²) in [7, 11) is 0. The zero-order valence-corrected chi connectivity index (χ0v) is 7.10. The van der Waals surface area contributed by atoms with Crippen LogP contribution in [-0.2, 0) is 0 Å². The number of aromatic nitrogens is 4. The predicted octanol–water partition coefficient (Wildman–Crippen LogP) is -1.16. The second kappa shape index (κ2) is 2.83. The lowest BCUT2D eigenvalue weighted by molar-refractivity contribution is 1.16. The first-order chi connectivity index (χ1) is 6.66. The molecule has 2 aromatic rings. The molecule has 0 aliphatic carbocycles. The van der Waals surface area contributed by atoms with Gasteiger partial charge in [-0.15, -0.1) is 0 Å². The third-order valence-corrected chi connectivity index (χ3v) is 1.53. The number of guanidine groups is 1. The summed E-state index contributed by atoms with van der Waals surface area (Å²) in [6.07, 6.45) is 1.47. The molecule has 0 amide bonds. The quantitative estimate of drug-likeness (QED) is 0.331. The molecule has 7 N–H and O–H groups in total. The number of nitrogens with two attached hydrogens (primary N) is 3. The zero-order chi connectivity index (χ0) is 10.1. The highest BCUT2D eigenvalue weighted by molar-refractivity contribution is 5.83. The average molecular weight is 192 g/mol. The second-order valence-electron chi connectivity index (χ2n) is 2.55. The van der Waals surface area contributed by atoms with E-state index in [4.69, 9.17) is 17.2 Å². The molecule has 0 aromatic carbocycles. The van der Waals surface area contributed by atoms with Crippen molar-refractivity contribution in [2.45, 2.75) is 0 Å². The lowest BCUT2D eigenvalue weighted by atomic mass is 10.5. The third-order valence-electron chi connectivity index (χ3n) is 1.53. The van der Waals surface area contributed by atoms with Crippen LogP contribution in [0, 0.1) is 0 Å². The number of hydrogen-bond acceptors (Lipinski definition) is 5. The van der Waals surface area contributed by atoms with Gasteiger partial charge in [-0.3, -0.25) is 0 Å². The molecular formula is C6H8N8. The Morgan fingerprint density at radius 3 is 2.86 bits per heavy atom. The SMILES string of the molecule is NC(N)=Nc1nc(N)c2[nH]cnc2n1. The monoisotopic (exact) mass is 192 g/mol. The van der Waals surface area contributed by atoms with Gasteiger partial charge in [0, 0.05) is 0 Å². The van der Waals surface area contributed by atoms with Crippen LogP contribution in [0.15, 0.2) is 11.3 Å². The van der Waals surface area contributed by atoms with Crippen molar-refractivity contribution in [3.8, 4) is 0 Å². The highest BCUT2D eigenvalue weighted by Crippen LogP contribution is 2.16. The minimum Gasteiger partial charge on any atom is -0.382 e. The predicted molar refractivity (Wildman–Crippen MR) is 51.6 cm³/mol. The van der Waals surface area contributed by atoms with Crippen LogP contribution in [0.25, 0.3) is 11.2 Å². The molecule has 0 spiro atoms. The molecule has 8 heteroatoms. The fraction of sp³-hybridized carbons (Fsp3) is 0. The van der Waals surface area contributed by atoms with Crippen LogP contribution in [-0.4, -0.2) is 25.9 Å². The molecule has 0 atom stereocenters. The number of nitrogen functional groups attached to an aromatic ring is 1. The van der Waals surface area contributed by atoms with Crippen LogP contribution in [0.2, 0.25) is 0 Å². The van der Waals surface area contributed by atoms with E-state index in [1.54, 1.807) is 0 Å². The van der Waals surface area contributed by atoms with Crippen LogP contribution in [0.3, 0.4) is 0 Å². The van der Waals surface area contributed by atoms with Gasteiger partial charge in [-0.2, -0.15) is 15.0 Å². The molecule has 0 bridgehead atoms. The second-order valence-corrected chi connectivity index (χ2v) is 2.55. The van der Waals surface area contributed by atoms with Crippen LogP contribution in [0.5, 0.6) is 0 Å². The summed E-state index contributed by atoms with van der Waals surface area (Å²) in [6, 6.07) is 0. The smallest absolute Gasteiger partial charge is 0.256 e. The molecule has 0 unspecified atom stereocenters. The molecule has 14 heavy (non-hydrogen) atoms. The van der Waals surface area contributed by atoms with Crippen LogP contribution >= 0.6 is 0 Å². The fourth-order valence-electron chi connectivity index (χ4n) is 1.01. The highest BCUT2D eigenvalue weighted by Gasteiger charge is 2.05. The Morgan fingerprint density at radius 2 is 2.14 bits per heavy atom. The van der Waals surface area contributed by atoms with Gasteiger partial charge in [-0.05, 0) is 0 Å². The standard InChI is InChI=1S/C6H8N8/c7-3-2-4(11-1-10-2)13-6(12-3)14-5(8)9/h1H,(H7,7,8,9,10,11,12,13,14). The number of fused-ring (bicyclic) bond motifs is 1. The first-order valence-corrected chi connectivity index (χ1v) is 3.73. The Bertz CT molecular complexity index is 494. The molecule has 8 nitrogen and oxygen atoms in total. The van der Waals surface area contributed by atoms with Crippen molar-refractivity contribution in [3.05, 3.63) is 6.33 Å². The summed E-state index contributed by atoms with van der Waals surface area (Å²) in [6.45, 7) is 0. The third kappa shape index (κ3) is 1.28. The van der Waals surface area contributed by atoms with Crippen LogP contribution in [0.1, 0.15) is 0 Å². The van der Waals surface area contributed by atoms with Crippen molar-refractivity contribution in [1.82, 2.24) is 19.9 Å². The van der Waals surface area contributed by atoms with Crippen LogP contribution in [0.4, 0.5) is 11.8 Å². The van der Waals surface area contributed by atoms with Gasteiger partial charge in [0.2, 0.25) is 0 Å². The number of rotatable bonds is 1. The van der Waals surface area contributed by atoms with Crippen molar-refractivity contribution < 1.29 is 0 Å². The van der Waals surface area contributed by atoms with E-state index in [9.17, 15) is 0 Å². The molecule has 0 fully saturated rings. The number of H-pyrrole nitrogens is 1. The van der Waals surface area contributed by atoms with E-state index in [-0.39, 0.29) is 17.7 Å². The van der Waals surface area contributed by atoms with Gasteiger partial charge in [-0.25, -0.2) is 4.98 Å². The minimum absolute atomic E-state index is 0.0992. The van der Waals surface area contributed by atoms with Gasteiger partial charge < -0.3 is 22.2 Å². The van der Waals surface area contributed by atoms with Gasteiger partial charge in [-0.1, -0.05) is 0 Å². The fourth-order valence-corrected chi connectivity index (χ4v) is 1.01. The Balaban J connectivity index is 2.64. The van der Waals surface area contributed by atoms with Crippen molar-refractivity contribution in [3.63, 3.8) is 0 Å². The van der Waals surface area contributed by atoms with E-state index in [2.05, 4.69) is 24.9 Å². The van der Waals surface area contributed by atoms with E-state index in [1.165, 1.54) is 6.33 Å². The van der Waals surface area contributed by atoms with Gasteiger partial charge in [0.1, 0.15) is 5.52 Å². The van der Waals surface area contributed by atoms with E-state index in [0.717, 1.165) is 0 Å².